The monoisotopic (exact) mass is 309 g/mol. The number of hydrogen-bond donors (Lipinski definition) is 1. The van der Waals surface area contributed by atoms with E-state index in [1.165, 1.54) is 0 Å². The van der Waals surface area contributed by atoms with Crippen LogP contribution in [0.3, 0.4) is 0 Å². The molecule has 1 atom stereocenters. The summed E-state index contributed by atoms with van der Waals surface area (Å²) in [5, 5.41) is 12.5. The molecular formula is C18H19N3O2. The third kappa shape index (κ3) is 3.99. The fraction of sp³-hybridized carbons (Fsp3) is 0.333. The van der Waals surface area contributed by atoms with Gasteiger partial charge in [0.25, 0.3) is 0 Å². The van der Waals surface area contributed by atoms with E-state index in [-0.39, 0.29) is 0 Å². The number of anilines is 1. The molecule has 0 aliphatic carbocycles. The summed E-state index contributed by atoms with van der Waals surface area (Å²) in [6.45, 7) is 1.69. The van der Waals surface area contributed by atoms with Crippen molar-refractivity contribution in [2.24, 2.45) is 0 Å². The van der Waals surface area contributed by atoms with E-state index in [0.717, 1.165) is 38.1 Å². The zero-order valence-corrected chi connectivity index (χ0v) is 12.9. The van der Waals surface area contributed by atoms with Crippen LogP contribution in [0.25, 0.3) is 0 Å². The highest BCUT2D eigenvalue weighted by Crippen LogP contribution is 2.29. The largest absolute Gasteiger partial charge is 0.436 e. The van der Waals surface area contributed by atoms with Crippen molar-refractivity contribution >= 4 is 5.69 Å². The molecule has 0 radical (unpaired) electrons. The van der Waals surface area contributed by atoms with Crippen molar-refractivity contribution in [2.45, 2.75) is 25.4 Å². The molecule has 3 rings (SSSR count). The molecular weight excluding hydrogens is 290 g/mol. The SMILES string of the molecule is N#Cc1cccnc1Oc1ccccc1NCCC1CCCO1. The van der Waals surface area contributed by atoms with Gasteiger partial charge in [-0.1, -0.05) is 12.1 Å². The van der Waals surface area contributed by atoms with E-state index < -0.39 is 0 Å². The summed E-state index contributed by atoms with van der Waals surface area (Å²) >= 11 is 0. The van der Waals surface area contributed by atoms with Crippen LogP contribution >= 0.6 is 0 Å². The van der Waals surface area contributed by atoms with Gasteiger partial charge in [-0.05, 0) is 43.5 Å². The van der Waals surface area contributed by atoms with Gasteiger partial charge in [0.15, 0.2) is 5.75 Å². The van der Waals surface area contributed by atoms with Crippen molar-refractivity contribution in [1.29, 1.82) is 5.26 Å². The number of nitriles is 1. The van der Waals surface area contributed by atoms with Crippen molar-refractivity contribution in [3.8, 4) is 17.7 Å². The minimum Gasteiger partial charge on any atom is -0.436 e. The Labute approximate surface area is 135 Å². The van der Waals surface area contributed by atoms with Gasteiger partial charge in [-0.15, -0.1) is 0 Å². The Morgan fingerprint density at radius 3 is 3.04 bits per heavy atom. The van der Waals surface area contributed by atoms with Crippen LogP contribution in [0.5, 0.6) is 11.6 Å². The number of nitrogens with one attached hydrogen (secondary N) is 1. The molecule has 0 saturated carbocycles. The molecule has 0 bridgehead atoms. The second-order valence-electron chi connectivity index (χ2n) is 5.42. The zero-order valence-electron chi connectivity index (χ0n) is 12.9. The molecule has 1 aliphatic rings. The average molecular weight is 309 g/mol. The fourth-order valence-corrected chi connectivity index (χ4v) is 2.60. The number of hydrogen-bond acceptors (Lipinski definition) is 5. The van der Waals surface area contributed by atoms with Gasteiger partial charge in [0.1, 0.15) is 11.6 Å². The molecule has 5 nitrogen and oxygen atoms in total. The highest BCUT2D eigenvalue weighted by molar-refractivity contribution is 5.57. The number of pyridine rings is 1. The Kier molecular flexibility index (Phi) is 5.07. The summed E-state index contributed by atoms with van der Waals surface area (Å²) in [6, 6.07) is 13.2. The van der Waals surface area contributed by atoms with Gasteiger partial charge >= 0.3 is 0 Å². The molecule has 1 N–H and O–H groups in total. The molecule has 1 saturated heterocycles. The van der Waals surface area contributed by atoms with Gasteiger partial charge < -0.3 is 14.8 Å². The molecule has 5 heteroatoms. The van der Waals surface area contributed by atoms with Gasteiger partial charge in [0.05, 0.1) is 11.8 Å². The standard InChI is InChI=1S/C18H19N3O2/c19-13-14-5-3-10-21-18(14)23-17-8-2-1-7-16(17)20-11-9-15-6-4-12-22-15/h1-3,5,7-8,10,15,20H,4,6,9,11-12H2. The highest BCUT2D eigenvalue weighted by Gasteiger charge is 2.15. The van der Waals surface area contributed by atoms with E-state index in [4.69, 9.17) is 14.7 Å². The molecule has 1 aromatic carbocycles. The lowest BCUT2D eigenvalue weighted by Gasteiger charge is -2.14. The summed E-state index contributed by atoms with van der Waals surface area (Å²) in [5.41, 5.74) is 1.31. The zero-order chi connectivity index (χ0) is 15.9. The van der Waals surface area contributed by atoms with Crippen LogP contribution in [0.4, 0.5) is 5.69 Å². The Bertz CT molecular complexity index is 691. The maximum atomic E-state index is 9.13. The maximum absolute atomic E-state index is 9.13. The molecule has 1 aliphatic heterocycles. The first-order chi connectivity index (χ1) is 11.4. The van der Waals surface area contributed by atoms with Gasteiger partial charge in [0, 0.05) is 19.3 Å². The lowest BCUT2D eigenvalue weighted by Crippen LogP contribution is -2.12. The van der Waals surface area contributed by atoms with Crippen LogP contribution in [0.15, 0.2) is 42.6 Å². The van der Waals surface area contributed by atoms with Crippen LogP contribution in [0.2, 0.25) is 0 Å². The second kappa shape index (κ2) is 7.61. The van der Waals surface area contributed by atoms with Crippen molar-refractivity contribution < 1.29 is 9.47 Å². The summed E-state index contributed by atoms with van der Waals surface area (Å²) in [5.74, 6) is 0.985. The van der Waals surface area contributed by atoms with E-state index in [2.05, 4.69) is 16.4 Å². The molecule has 1 unspecified atom stereocenters. The number of ether oxygens (including phenoxy) is 2. The van der Waals surface area contributed by atoms with Crippen molar-refractivity contribution in [3.05, 3.63) is 48.2 Å². The predicted octanol–water partition coefficient (Wildman–Crippen LogP) is 3.73. The van der Waals surface area contributed by atoms with Crippen molar-refractivity contribution in [1.82, 2.24) is 4.98 Å². The first-order valence-electron chi connectivity index (χ1n) is 7.84. The Balaban J connectivity index is 1.66. The van der Waals surface area contributed by atoms with Crippen molar-refractivity contribution in [2.75, 3.05) is 18.5 Å². The molecule has 0 spiro atoms. The first kappa shape index (κ1) is 15.3. The molecule has 23 heavy (non-hydrogen) atoms. The third-order valence-electron chi connectivity index (χ3n) is 3.79. The van der Waals surface area contributed by atoms with E-state index >= 15 is 0 Å². The lowest BCUT2D eigenvalue weighted by molar-refractivity contribution is 0.107. The van der Waals surface area contributed by atoms with Crippen LogP contribution in [0, 0.1) is 11.3 Å². The van der Waals surface area contributed by atoms with Gasteiger partial charge in [0.2, 0.25) is 5.88 Å². The summed E-state index contributed by atoms with van der Waals surface area (Å²) in [7, 11) is 0. The number of aromatic nitrogens is 1. The first-order valence-corrected chi connectivity index (χ1v) is 7.84. The second-order valence-corrected chi connectivity index (χ2v) is 5.42. The summed E-state index contributed by atoms with van der Waals surface area (Å²) in [4.78, 5) is 4.14. The van der Waals surface area contributed by atoms with E-state index in [1.807, 2.05) is 24.3 Å². The molecule has 2 heterocycles. The van der Waals surface area contributed by atoms with Gasteiger partial charge in [-0.2, -0.15) is 5.26 Å². The average Bonchev–Trinajstić information content (AvgIpc) is 3.10. The Hall–Kier alpha value is -2.58. The van der Waals surface area contributed by atoms with E-state index in [1.54, 1.807) is 18.3 Å². The van der Waals surface area contributed by atoms with Gasteiger partial charge in [-0.25, -0.2) is 4.98 Å². The van der Waals surface area contributed by atoms with Gasteiger partial charge in [-0.3, -0.25) is 0 Å². The molecule has 118 valence electrons. The third-order valence-corrected chi connectivity index (χ3v) is 3.79. The Morgan fingerprint density at radius 1 is 1.30 bits per heavy atom. The topological polar surface area (TPSA) is 67.2 Å². The molecule has 2 aromatic rings. The van der Waals surface area contributed by atoms with Crippen LogP contribution in [-0.4, -0.2) is 24.2 Å². The normalized spacial score (nSPS) is 16.7. The number of benzene rings is 1. The van der Waals surface area contributed by atoms with E-state index in [9.17, 15) is 0 Å². The summed E-state index contributed by atoms with van der Waals surface area (Å²) < 4.78 is 11.5. The lowest BCUT2D eigenvalue weighted by atomic mass is 10.2. The van der Waals surface area contributed by atoms with Crippen LogP contribution < -0.4 is 10.1 Å². The fourth-order valence-electron chi connectivity index (χ4n) is 2.60. The molecule has 1 fully saturated rings. The minimum atomic E-state index is 0.323. The minimum absolute atomic E-state index is 0.323. The quantitative estimate of drug-likeness (QED) is 0.880. The van der Waals surface area contributed by atoms with Crippen molar-refractivity contribution in [3.63, 3.8) is 0 Å². The molecule has 1 aromatic heterocycles. The maximum Gasteiger partial charge on any atom is 0.237 e. The van der Waals surface area contributed by atoms with Crippen LogP contribution in [-0.2, 0) is 4.74 Å². The van der Waals surface area contributed by atoms with E-state index in [0.29, 0.717) is 23.3 Å². The number of nitrogens with zero attached hydrogens (tertiary/aromatic N) is 2. The number of para-hydroxylation sites is 2. The highest BCUT2D eigenvalue weighted by atomic mass is 16.5. The molecule has 0 amide bonds. The smallest absolute Gasteiger partial charge is 0.237 e. The number of rotatable bonds is 6. The Morgan fingerprint density at radius 2 is 2.22 bits per heavy atom. The van der Waals surface area contributed by atoms with Crippen LogP contribution in [0.1, 0.15) is 24.8 Å². The summed E-state index contributed by atoms with van der Waals surface area (Å²) in [6.07, 6.45) is 5.24. The predicted molar refractivity (Wildman–Crippen MR) is 87.5 cm³/mol.